The first-order chi connectivity index (χ1) is 15.8. The number of anilines is 2. The quantitative estimate of drug-likeness (QED) is 0.382. The van der Waals surface area contributed by atoms with Crippen molar-refractivity contribution in [3.63, 3.8) is 0 Å². The molecular weight excluding hydrogens is 400 g/mol. The number of hydrogen-bond acceptors (Lipinski definition) is 4. The van der Waals surface area contributed by atoms with Crippen LogP contribution in [0.3, 0.4) is 0 Å². The number of nitrogens with zero attached hydrogens (tertiary/aromatic N) is 3. The molecule has 0 unspecified atom stereocenters. The van der Waals surface area contributed by atoms with Crippen LogP contribution in [0.25, 0.3) is 32.9 Å². The SMILES string of the molecule is O=C(Nc1cc(-c2cccc3[nH]ccc23)cc2[nH]ncc12)c1cccc(N2CCCC2)n1. The van der Waals surface area contributed by atoms with E-state index in [-0.39, 0.29) is 5.91 Å². The molecule has 1 fully saturated rings. The van der Waals surface area contributed by atoms with Gasteiger partial charge in [0.1, 0.15) is 11.5 Å². The second kappa shape index (κ2) is 7.53. The van der Waals surface area contributed by atoms with Gasteiger partial charge in [0, 0.05) is 35.6 Å². The highest BCUT2D eigenvalue weighted by Crippen LogP contribution is 2.34. The van der Waals surface area contributed by atoms with Crippen LogP contribution in [0.1, 0.15) is 23.3 Å². The molecule has 5 aromatic rings. The Bertz CT molecular complexity index is 1440. The van der Waals surface area contributed by atoms with Gasteiger partial charge in [-0.1, -0.05) is 18.2 Å². The maximum Gasteiger partial charge on any atom is 0.274 e. The van der Waals surface area contributed by atoms with Gasteiger partial charge in [-0.25, -0.2) is 4.98 Å². The molecule has 4 heterocycles. The Labute approximate surface area is 184 Å². The zero-order valence-electron chi connectivity index (χ0n) is 17.4. The summed E-state index contributed by atoms with van der Waals surface area (Å²) in [5.41, 5.74) is 5.14. The molecule has 6 rings (SSSR count). The zero-order valence-corrected chi connectivity index (χ0v) is 17.4. The van der Waals surface area contributed by atoms with Crippen LogP contribution in [0.2, 0.25) is 0 Å². The van der Waals surface area contributed by atoms with E-state index in [1.807, 2.05) is 30.5 Å². The molecule has 1 saturated heterocycles. The van der Waals surface area contributed by atoms with Crippen molar-refractivity contribution in [1.82, 2.24) is 20.2 Å². The van der Waals surface area contributed by atoms with Crippen molar-refractivity contribution in [2.24, 2.45) is 0 Å². The van der Waals surface area contributed by atoms with E-state index in [1.54, 1.807) is 12.3 Å². The van der Waals surface area contributed by atoms with E-state index in [2.05, 4.69) is 54.6 Å². The Hall–Kier alpha value is -4.13. The molecule has 32 heavy (non-hydrogen) atoms. The normalized spacial score (nSPS) is 13.8. The highest BCUT2D eigenvalue weighted by atomic mass is 16.1. The monoisotopic (exact) mass is 422 g/mol. The maximum atomic E-state index is 13.1. The molecule has 0 spiro atoms. The molecule has 2 aromatic carbocycles. The summed E-state index contributed by atoms with van der Waals surface area (Å²) in [6.45, 7) is 1.97. The molecule has 0 saturated carbocycles. The van der Waals surface area contributed by atoms with Gasteiger partial charge in [0.2, 0.25) is 0 Å². The van der Waals surface area contributed by atoms with Crippen molar-refractivity contribution in [1.29, 1.82) is 0 Å². The van der Waals surface area contributed by atoms with Gasteiger partial charge >= 0.3 is 0 Å². The molecule has 158 valence electrons. The van der Waals surface area contributed by atoms with Crippen LogP contribution in [-0.4, -0.2) is 39.2 Å². The molecule has 3 aromatic heterocycles. The van der Waals surface area contributed by atoms with E-state index in [9.17, 15) is 4.79 Å². The Morgan fingerprint density at radius 1 is 0.969 bits per heavy atom. The number of benzene rings is 2. The number of pyridine rings is 1. The number of H-pyrrole nitrogens is 2. The van der Waals surface area contributed by atoms with E-state index in [0.29, 0.717) is 11.4 Å². The predicted octanol–water partition coefficient (Wildman–Crippen LogP) is 4.96. The van der Waals surface area contributed by atoms with Crippen molar-refractivity contribution in [3.05, 3.63) is 72.7 Å². The minimum Gasteiger partial charge on any atom is -0.361 e. The summed E-state index contributed by atoms with van der Waals surface area (Å²) in [6.07, 6.45) is 6.00. The first kappa shape index (κ1) is 18.6. The summed E-state index contributed by atoms with van der Waals surface area (Å²) >= 11 is 0. The first-order valence-corrected chi connectivity index (χ1v) is 10.8. The van der Waals surface area contributed by atoms with Crippen molar-refractivity contribution in [2.75, 3.05) is 23.3 Å². The Morgan fingerprint density at radius 2 is 1.84 bits per heavy atom. The van der Waals surface area contributed by atoms with Gasteiger partial charge in [0.15, 0.2) is 0 Å². The van der Waals surface area contributed by atoms with Crippen molar-refractivity contribution >= 4 is 39.2 Å². The fourth-order valence-corrected chi connectivity index (χ4v) is 4.51. The van der Waals surface area contributed by atoms with Crippen molar-refractivity contribution < 1.29 is 4.79 Å². The predicted molar refractivity (Wildman–Crippen MR) is 127 cm³/mol. The molecule has 1 aliphatic heterocycles. The molecule has 0 atom stereocenters. The lowest BCUT2D eigenvalue weighted by atomic mass is 9.99. The molecule has 0 bridgehead atoms. The van der Waals surface area contributed by atoms with Crippen LogP contribution in [0.4, 0.5) is 11.5 Å². The zero-order chi connectivity index (χ0) is 21.5. The minimum absolute atomic E-state index is 0.231. The molecule has 7 nitrogen and oxygen atoms in total. The van der Waals surface area contributed by atoms with Crippen LogP contribution < -0.4 is 10.2 Å². The number of carbonyl (C=O) groups is 1. The molecule has 3 N–H and O–H groups in total. The average molecular weight is 422 g/mol. The summed E-state index contributed by atoms with van der Waals surface area (Å²) in [5.74, 6) is 0.627. The van der Waals surface area contributed by atoms with Gasteiger partial charge in [-0.15, -0.1) is 0 Å². The van der Waals surface area contributed by atoms with Gasteiger partial charge in [-0.2, -0.15) is 5.10 Å². The van der Waals surface area contributed by atoms with E-state index >= 15 is 0 Å². The number of hydrogen-bond donors (Lipinski definition) is 3. The highest BCUT2D eigenvalue weighted by molar-refractivity contribution is 6.09. The first-order valence-electron chi connectivity index (χ1n) is 10.8. The number of fused-ring (bicyclic) bond motifs is 2. The van der Waals surface area contributed by atoms with E-state index < -0.39 is 0 Å². The largest absolute Gasteiger partial charge is 0.361 e. The Morgan fingerprint density at radius 3 is 2.75 bits per heavy atom. The lowest BCUT2D eigenvalue weighted by molar-refractivity contribution is 0.102. The second-order valence-electron chi connectivity index (χ2n) is 8.13. The van der Waals surface area contributed by atoms with Crippen LogP contribution in [-0.2, 0) is 0 Å². The third kappa shape index (κ3) is 3.19. The summed E-state index contributed by atoms with van der Waals surface area (Å²) in [6, 6.07) is 17.9. The minimum atomic E-state index is -0.231. The molecule has 1 amide bonds. The summed E-state index contributed by atoms with van der Waals surface area (Å²) < 4.78 is 0. The fourth-order valence-electron chi connectivity index (χ4n) is 4.51. The van der Waals surface area contributed by atoms with Gasteiger partial charge in [0.25, 0.3) is 5.91 Å². The number of nitrogens with one attached hydrogen (secondary N) is 3. The number of aromatic amines is 2. The molecule has 1 aliphatic rings. The smallest absolute Gasteiger partial charge is 0.274 e. The Kier molecular flexibility index (Phi) is 4.38. The number of amides is 1. The number of rotatable bonds is 4. The van der Waals surface area contributed by atoms with Crippen molar-refractivity contribution in [2.45, 2.75) is 12.8 Å². The van der Waals surface area contributed by atoms with Crippen LogP contribution >= 0.6 is 0 Å². The Balaban J connectivity index is 1.38. The topological polar surface area (TPSA) is 89.7 Å². The van der Waals surface area contributed by atoms with E-state index in [0.717, 1.165) is 64.7 Å². The van der Waals surface area contributed by atoms with Crippen molar-refractivity contribution in [3.8, 4) is 11.1 Å². The van der Waals surface area contributed by atoms with Crippen LogP contribution in [0, 0.1) is 0 Å². The van der Waals surface area contributed by atoms with Gasteiger partial charge in [0.05, 0.1) is 17.4 Å². The van der Waals surface area contributed by atoms with Gasteiger partial charge < -0.3 is 15.2 Å². The number of carbonyl (C=O) groups excluding carboxylic acids is 1. The summed E-state index contributed by atoms with van der Waals surface area (Å²) in [7, 11) is 0. The average Bonchev–Trinajstić information content (AvgIpc) is 3.60. The lowest BCUT2D eigenvalue weighted by Gasteiger charge is -2.17. The summed E-state index contributed by atoms with van der Waals surface area (Å²) in [5, 5.41) is 12.3. The van der Waals surface area contributed by atoms with E-state index in [1.165, 1.54) is 0 Å². The van der Waals surface area contributed by atoms with Crippen LogP contribution in [0.5, 0.6) is 0 Å². The number of aromatic nitrogens is 4. The fraction of sp³-hybridized carbons (Fsp3) is 0.160. The summed E-state index contributed by atoms with van der Waals surface area (Å²) in [4.78, 5) is 23.2. The standard InChI is InChI=1S/C25H22N6O/c32-25(21-7-4-8-24(28-21)31-11-1-2-12-31)29-22-13-16(14-23-19(22)15-27-30-23)17-5-3-6-20-18(17)9-10-26-20/h3-10,13-15,26H,1-2,11-12H2,(H,27,30)(H,29,32). The van der Waals surface area contributed by atoms with Gasteiger partial charge in [-0.3, -0.25) is 9.89 Å². The maximum absolute atomic E-state index is 13.1. The van der Waals surface area contributed by atoms with Crippen LogP contribution in [0.15, 0.2) is 67.0 Å². The highest BCUT2D eigenvalue weighted by Gasteiger charge is 2.17. The van der Waals surface area contributed by atoms with Gasteiger partial charge in [-0.05, 0) is 60.4 Å². The third-order valence-corrected chi connectivity index (χ3v) is 6.11. The molecule has 0 aliphatic carbocycles. The molecule has 7 heteroatoms. The molecule has 0 radical (unpaired) electrons. The second-order valence-corrected chi connectivity index (χ2v) is 8.13. The molecular formula is C25H22N6O. The van der Waals surface area contributed by atoms with E-state index in [4.69, 9.17) is 0 Å². The lowest BCUT2D eigenvalue weighted by Crippen LogP contribution is -2.21. The third-order valence-electron chi connectivity index (χ3n) is 6.11.